The number of rotatable bonds is 5. The summed E-state index contributed by atoms with van der Waals surface area (Å²) in [4.78, 5) is 59.9. The van der Waals surface area contributed by atoms with Gasteiger partial charge in [0, 0.05) is 21.9 Å². The lowest BCUT2D eigenvalue weighted by Gasteiger charge is -2.50. The van der Waals surface area contributed by atoms with E-state index < -0.39 is 52.6 Å². The molecule has 5 aromatic rings. The zero-order valence-electron chi connectivity index (χ0n) is 27.6. The summed E-state index contributed by atoms with van der Waals surface area (Å²) in [6.07, 6.45) is 2.29. The number of fused-ring (bicyclic) bond motifs is 5. The molecule has 2 N–H and O–H groups in total. The fourth-order valence-corrected chi connectivity index (χ4v) is 9.46. The standard InChI is InChI=1S/C42H31ClFN3O5/c43-25-13-11-24(12-14-25)42-34(39(50)47(41(42)52)45-27-17-15-26(44)16-18-27)22-33-30(36(42)32-19-10-23-6-4-5-9-29(23)37(32)48)20-21-31-35(33)40(51)46(38(31)49)28-7-2-1-3-8-28/h1-20,31,33-36,45,48H,21-22H2/t31-,33+,34-,35-,36+,42+/m0/s1. The Labute approximate surface area is 303 Å². The predicted octanol–water partition coefficient (Wildman–Crippen LogP) is 7.53. The van der Waals surface area contributed by atoms with Crippen molar-refractivity contribution in [3.05, 3.63) is 149 Å². The molecule has 4 aliphatic rings. The van der Waals surface area contributed by atoms with Crippen LogP contribution in [0, 0.1) is 29.5 Å². The number of phenolic OH excluding ortho intramolecular Hbond substituents is 1. The molecular weight excluding hydrogens is 681 g/mol. The molecule has 4 amide bonds. The molecule has 9 rings (SSSR count). The minimum Gasteiger partial charge on any atom is -0.507 e. The highest BCUT2D eigenvalue weighted by atomic mass is 35.5. The van der Waals surface area contributed by atoms with Crippen LogP contribution in [0.2, 0.25) is 5.02 Å². The number of hydrogen-bond acceptors (Lipinski definition) is 6. The fraction of sp³-hybridized carbons (Fsp3) is 0.190. The van der Waals surface area contributed by atoms with E-state index in [-0.39, 0.29) is 30.4 Å². The van der Waals surface area contributed by atoms with Crippen molar-refractivity contribution in [1.82, 2.24) is 5.01 Å². The number of benzene rings is 5. The van der Waals surface area contributed by atoms with E-state index in [0.29, 0.717) is 32.9 Å². The number of anilines is 2. The van der Waals surface area contributed by atoms with Crippen LogP contribution in [0.15, 0.2) is 127 Å². The molecule has 2 aliphatic carbocycles. The van der Waals surface area contributed by atoms with E-state index in [4.69, 9.17) is 11.6 Å². The molecule has 3 fully saturated rings. The number of carbonyl (C=O) groups is 4. The molecule has 10 heteroatoms. The lowest BCUT2D eigenvalue weighted by molar-refractivity contribution is -0.138. The molecule has 258 valence electrons. The van der Waals surface area contributed by atoms with Crippen LogP contribution >= 0.6 is 11.6 Å². The van der Waals surface area contributed by atoms with Gasteiger partial charge in [-0.25, -0.2) is 4.39 Å². The van der Waals surface area contributed by atoms with E-state index in [1.54, 1.807) is 60.7 Å². The molecule has 0 aromatic heterocycles. The molecule has 0 spiro atoms. The van der Waals surface area contributed by atoms with E-state index >= 15 is 4.79 Å². The quantitative estimate of drug-likeness (QED) is 0.144. The Morgan fingerprint density at radius 3 is 2.23 bits per heavy atom. The van der Waals surface area contributed by atoms with Crippen LogP contribution in [0.25, 0.3) is 10.8 Å². The van der Waals surface area contributed by atoms with Crippen molar-refractivity contribution in [2.75, 3.05) is 10.3 Å². The maximum Gasteiger partial charge on any atom is 0.260 e. The molecule has 8 nitrogen and oxygen atoms in total. The number of allylic oxidation sites excluding steroid dienone is 2. The highest BCUT2D eigenvalue weighted by molar-refractivity contribution is 6.30. The van der Waals surface area contributed by atoms with Gasteiger partial charge >= 0.3 is 0 Å². The summed E-state index contributed by atoms with van der Waals surface area (Å²) in [7, 11) is 0. The number of hydrazine groups is 1. The third-order valence-corrected chi connectivity index (χ3v) is 11.8. The Kier molecular flexibility index (Phi) is 7.34. The molecular formula is C42H31ClFN3O5. The third kappa shape index (κ3) is 4.51. The van der Waals surface area contributed by atoms with Crippen LogP contribution in [0.5, 0.6) is 5.75 Å². The van der Waals surface area contributed by atoms with Crippen molar-refractivity contribution in [2.24, 2.45) is 23.7 Å². The molecule has 0 bridgehead atoms. The Bertz CT molecular complexity index is 2350. The molecule has 2 saturated heterocycles. The van der Waals surface area contributed by atoms with Crippen molar-refractivity contribution in [3.63, 3.8) is 0 Å². The number of para-hydroxylation sites is 1. The van der Waals surface area contributed by atoms with Crippen LogP contribution in [-0.4, -0.2) is 33.7 Å². The van der Waals surface area contributed by atoms with Crippen LogP contribution < -0.4 is 10.3 Å². The summed E-state index contributed by atoms with van der Waals surface area (Å²) in [5.74, 6) is -6.27. The number of halogens is 2. The number of amides is 4. The van der Waals surface area contributed by atoms with E-state index in [1.807, 2.05) is 36.4 Å². The fourth-order valence-electron chi connectivity index (χ4n) is 9.34. The monoisotopic (exact) mass is 711 g/mol. The summed E-state index contributed by atoms with van der Waals surface area (Å²) in [6, 6.07) is 32.0. The topological polar surface area (TPSA) is 107 Å². The first-order valence-electron chi connectivity index (χ1n) is 17.2. The van der Waals surface area contributed by atoms with Gasteiger partial charge in [0.05, 0.1) is 34.5 Å². The summed E-state index contributed by atoms with van der Waals surface area (Å²) < 4.78 is 13.9. The van der Waals surface area contributed by atoms with E-state index in [2.05, 4.69) is 5.43 Å². The number of phenols is 1. The van der Waals surface area contributed by atoms with Crippen molar-refractivity contribution >= 4 is 57.4 Å². The zero-order valence-corrected chi connectivity index (χ0v) is 28.3. The predicted molar refractivity (Wildman–Crippen MR) is 194 cm³/mol. The molecule has 6 atom stereocenters. The maximum atomic E-state index is 15.3. The number of imide groups is 2. The van der Waals surface area contributed by atoms with Gasteiger partial charge in [-0.15, -0.1) is 0 Å². The number of nitrogens with zero attached hydrogens (tertiary/aromatic N) is 2. The van der Waals surface area contributed by atoms with Gasteiger partial charge in [-0.1, -0.05) is 90.0 Å². The Morgan fingerprint density at radius 2 is 1.48 bits per heavy atom. The van der Waals surface area contributed by atoms with Crippen molar-refractivity contribution < 1.29 is 28.7 Å². The molecule has 52 heavy (non-hydrogen) atoms. The lowest BCUT2D eigenvalue weighted by Crippen LogP contribution is -2.53. The number of aromatic hydroxyl groups is 1. The average Bonchev–Trinajstić information content (AvgIpc) is 3.54. The average molecular weight is 712 g/mol. The van der Waals surface area contributed by atoms with E-state index in [9.17, 15) is 23.9 Å². The minimum atomic E-state index is -1.60. The number of hydrogen-bond donors (Lipinski definition) is 2. The summed E-state index contributed by atoms with van der Waals surface area (Å²) in [5.41, 5.74) is 3.81. The second-order valence-corrected chi connectivity index (χ2v) is 14.4. The zero-order chi connectivity index (χ0) is 35.9. The first-order valence-corrected chi connectivity index (χ1v) is 17.6. The Balaban J connectivity index is 1.28. The SMILES string of the molecule is O=C1[C@@H]2C[C@@H]3C(=CC[C@@H]4C(=O)N(c5ccccc5)C(=O)[C@@H]43)[C@H](c3ccc4ccccc4c3O)[C@]2(c2ccc(Cl)cc2)C(=O)N1Nc1ccc(F)cc1. The summed E-state index contributed by atoms with van der Waals surface area (Å²) in [6.45, 7) is 0. The third-order valence-electron chi connectivity index (χ3n) is 11.5. The molecule has 1 saturated carbocycles. The van der Waals surface area contributed by atoms with Gasteiger partial charge < -0.3 is 5.11 Å². The summed E-state index contributed by atoms with van der Waals surface area (Å²) in [5, 5.41) is 14.9. The van der Waals surface area contributed by atoms with E-state index in [1.165, 1.54) is 29.2 Å². The van der Waals surface area contributed by atoms with Gasteiger partial charge in [0.15, 0.2) is 0 Å². The normalized spacial score (nSPS) is 26.7. The van der Waals surface area contributed by atoms with Gasteiger partial charge in [0.2, 0.25) is 11.8 Å². The van der Waals surface area contributed by atoms with Crippen LogP contribution in [0.3, 0.4) is 0 Å². The van der Waals surface area contributed by atoms with Crippen LogP contribution in [-0.2, 0) is 24.6 Å². The minimum absolute atomic E-state index is 0.0382. The smallest absolute Gasteiger partial charge is 0.260 e. The molecule has 5 aromatic carbocycles. The van der Waals surface area contributed by atoms with Gasteiger partial charge in [-0.05, 0) is 78.2 Å². The summed E-state index contributed by atoms with van der Waals surface area (Å²) >= 11 is 6.38. The lowest BCUT2D eigenvalue weighted by atomic mass is 9.49. The molecule has 0 unspecified atom stereocenters. The first-order chi connectivity index (χ1) is 25.2. The Morgan fingerprint density at radius 1 is 0.769 bits per heavy atom. The number of nitrogens with one attached hydrogen (secondary N) is 1. The number of carbonyl (C=O) groups excluding carboxylic acids is 4. The van der Waals surface area contributed by atoms with Crippen molar-refractivity contribution in [1.29, 1.82) is 0 Å². The van der Waals surface area contributed by atoms with Gasteiger partial charge in [-0.3, -0.25) is 29.5 Å². The molecule has 0 radical (unpaired) electrons. The highest BCUT2D eigenvalue weighted by Crippen LogP contribution is 2.65. The maximum absolute atomic E-state index is 15.3. The Hall–Kier alpha value is -5.80. The van der Waals surface area contributed by atoms with Gasteiger partial charge in [0.25, 0.3) is 11.8 Å². The van der Waals surface area contributed by atoms with Gasteiger partial charge in [-0.2, -0.15) is 5.01 Å². The largest absolute Gasteiger partial charge is 0.507 e. The highest BCUT2D eigenvalue weighted by Gasteiger charge is 2.70. The van der Waals surface area contributed by atoms with Crippen LogP contribution in [0.4, 0.5) is 15.8 Å². The van der Waals surface area contributed by atoms with Crippen LogP contribution in [0.1, 0.15) is 29.9 Å². The van der Waals surface area contributed by atoms with Crippen molar-refractivity contribution in [2.45, 2.75) is 24.2 Å². The second-order valence-electron chi connectivity index (χ2n) is 13.9. The molecule has 2 heterocycles. The van der Waals surface area contributed by atoms with Gasteiger partial charge in [0.1, 0.15) is 11.6 Å². The first kappa shape index (κ1) is 32.1. The molecule has 2 aliphatic heterocycles. The second kappa shape index (κ2) is 11.9. The van der Waals surface area contributed by atoms with E-state index in [0.717, 1.165) is 16.0 Å². The van der Waals surface area contributed by atoms with Crippen molar-refractivity contribution in [3.8, 4) is 5.75 Å².